The number of nitrogens with two attached hydrogens (primary N) is 1. The fraction of sp³-hybridized carbons (Fsp3) is 0.923. The summed E-state index contributed by atoms with van der Waals surface area (Å²) in [4.78, 5) is 14.4. The van der Waals surface area contributed by atoms with Gasteiger partial charge in [-0.2, -0.15) is 0 Å². The molecule has 1 saturated heterocycles. The average Bonchev–Trinajstić information content (AvgIpc) is 2.70. The van der Waals surface area contributed by atoms with Crippen molar-refractivity contribution in [2.75, 3.05) is 19.6 Å². The second kappa shape index (κ2) is 3.46. The van der Waals surface area contributed by atoms with Crippen LogP contribution in [0.15, 0.2) is 0 Å². The van der Waals surface area contributed by atoms with Crippen LogP contribution < -0.4 is 5.73 Å². The standard InChI is InChI=1S/C13H22N2O/c1-13(7-14)5-6-15(8-13)12(16)11-9-3-2-4-10(9)11/h9-11H,2-8,14H2,1H3. The largest absolute Gasteiger partial charge is 0.342 e. The Bertz CT molecular complexity index is 307. The molecule has 1 amide bonds. The van der Waals surface area contributed by atoms with Crippen molar-refractivity contribution in [1.82, 2.24) is 4.90 Å². The predicted octanol–water partition coefficient (Wildman–Crippen LogP) is 1.23. The Kier molecular flexibility index (Phi) is 2.29. The van der Waals surface area contributed by atoms with Gasteiger partial charge < -0.3 is 10.6 Å². The normalized spacial score (nSPS) is 45.9. The van der Waals surface area contributed by atoms with Crippen molar-refractivity contribution >= 4 is 5.91 Å². The highest BCUT2D eigenvalue weighted by molar-refractivity contribution is 5.82. The van der Waals surface area contributed by atoms with Crippen LogP contribution in [0.1, 0.15) is 32.6 Å². The second-order valence-electron chi connectivity index (χ2n) is 6.31. The Morgan fingerprint density at radius 2 is 2.12 bits per heavy atom. The summed E-state index contributed by atoms with van der Waals surface area (Å²) in [5, 5.41) is 0. The lowest BCUT2D eigenvalue weighted by atomic mass is 9.90. The van der Waals surface area contributed by atoms with Crippen LogP contribution >= 0.6 is 0 Å². The monoisotopic (exact) mass is 222 g/mol. The molecule has 0 bridgehead atoms. The minimum Gasteiger partial charge on any atom is -0.342 e. The van der Waals surface area contributed by atoms with Gasteiger partial charge in [-0.1, -0.05) is 13.3 Å². The van der Waals surface area contributed by atoms with Gasteiger partial charge in [-0.15, -0.1) is 0 Å². The summed E-state index contributed by atoms with van der Waals surface area (Å²) in [5.74, 6) is 2.33. The summed E-state index contributed by atoms with van der Waals surface area (Å²) < 4.78 is 0. The first-order valence-corrected chi connectivity index (χ1v) is 6.63. The zero-order chi connectivity index (χ0) is 11.3. The minimum atomic E-state index is 0.180. The van der Waals surface area contributed by atoms with E-state index in [0.29, 0.717) is 18.4 Å². The minimum absolute atomic E-state index is 0.180. The van der Waals surface area contributed by atoms with Crippen LogP contribution in [0.2, 0.25) is 0 Å². The molecule has 0 aromatic carbocycles. The molecular weight excluding hydrogens is 200 g/mol. The van der Waals surface area contributed by atoms with Gasteiger partial charge in [0.05, 0.1) is 0 Å². The Balaban J connectivity index is 1.61. The number of nitrogens with zero attached hydrogens (tertiary/aromatic N) is 1. The summed E-state index contributed by atoms with van der Waals surface area (Å²) in [6.45, 7) is 4.73. The number of carbonyl (C=O) groups is 1. The zero-order valence-corrected chi connectivity index (χ0v) is 10.1. The van der Waals surface area contributed by atoms with E-state index in [4.69, 9.17) is 5.73 Å². The number of rotatable bonds is 2. The van der Waals surface area contributed by atoms with Crippen LogP contribution in [0.4, 0.5) is 0 Å². The number of carbonyl (C=O) groups excluding carboxylic acids is 1. The van der Waals surface area contributed by atoms with Gasteiger partial charge in [0, 0.05) is 19.0 Å². The molecule has 3 nitrogen and oxygen atoms in total. The maximum Gasteiger partial charge on any atom is 0.226 e. The lowest BCUT2D eigenvalue weighted by Gasteiger charge is -2.23. The molecule has 3 aliphatic rings. The summed E-state index contributed by atoms with van der Waals surface area (Å²) in [7, 11) is 0. The number of fused-ring (bicyclic) bond motifs is 1. The van der Waals surface area contributed by atoms with Crippen molar-refractivity contribution in [3.05, 3.63) is 0 Å². The van der Waals surface area contributed by atoms with Crippen molar-refractivity contribution < 1.29 is 4.79 Å². The number of likely N-dealkylation sites (tertiary alicyclic amines) is 1. The lowest BCUT2D eigenvalue weighted by Crippen LogP contribution is -2.35. The summed E-state index contributed by atoms with van der Waals surface area (Å²) in [6, 6.07) is 0. The molecule has 1 aliphatic heterocycles. The van der Waals surface area contributed by atoms with Gasteiger partial charge in [0.25, 0.3) is 0 Å². The van der Waals surface area contributed by atoms with E-state index in [-0.39, 0.29) is 5.41 Å². The number of hydrogen-bond donors (Lipinski definition) is 1. The molecule has 1 heterocycles. The maximum absolute atomic E-state index is 12.3. The van der Waals surface area contributed by atoms with Crippen molar-refractivity contribution in [2.45, 2.75) is 32.6 Å². The Hall–Kier alpha value is -0.570. The Labute approximate surface area is 97.4 Å². The third-order valence-electron chi connectivity index (χ3n) is 5.05. The Morgan fingerprint density at radius 1 is 1.44 bits per heavy atom. The van der Waals surface area contributed by atoms with E-state index < -0.39 is 0 Å². The fourth-order valence-electron chi connectivity index (χ4n) is 3.78. The summed E-state index contributed by atoms with van der Waals surface area (Å²) in [5.41, 5.74) is 5.96. The van der Waals surface area contributed by atoms with E-state index in [1.165, 1.54) is 19.3 Å². The Morgan fingerprint density at radius 3 is 2.69 bits per heavy atom. The van der Waals surface area contributed by atoms with Gasteiger partial charge in [-0.3, -0.25) is 4.79 Å². The molecule has 90 valence electrons. The molecule has 3 heteroatoms. The van der Waals surface area contributed by atoms with Crippen LogP contribution in [0.5, 0.6) is 0 Å². The molecule has 0 radical (unpaired) electrons. The highest BCUT2D eigenvalue weighted by atomic mass is 16.2. The van der Waals surface area contributed by atoms with E-state index in [0.717, 1.165) is 31.3 Å². The van der Waals surface area contributed by atoms with Crippen molar-refractivity contribution in [1.29, 1.82) is 0 Å². The molecular formula is C13H22N2O. The zero-order valence-electron chi connectivity index (χ0n) is 10.1. The van der Waals surface area contributed by atoms with E-state index in [2.05, 4.69) is 11.8 Å². The van der Waals surface area contributed by atoms with E-state index in [1.54, 1.807) is 0 Å². The van der Waals surface area contributed by atoms with Gasteiger partial charge in [0.1, 0.15) is 0 Å². The molecule has 2 aliphatic carbocycles. The fourth-order valence-corrected chi connectivity index (χ4v) is 3.78. The molecule has 3 unspecified atom stereocenters. The third kappa shape index (κ3) is 1.48. The molecule has 3 fully saturated rings. The van der Waals surface area contributed by atoms with Crippen molar-refractivity contribution in [3.8, 4) is 0 Å². The third-order valence-corrected chi connectivity index (χ3v) is 5.05. The van der Waals surface area contributed by atoms with Crippen LogP contribution in [0.25, 0.3) is 0 Å². The molecule has 3 rings (SSSR count). The second-order valence-corrected chi connectivity index (χ2v) is 6.31. The van der Waals surface area contributed by atoms with E-state index >= 15 is 0 Å². The van der Waals surface area contributed by atoms with Gasteiger partial charge in [0.15, 0.2) is 0 Å². The highest BCUT2D eigenvalue weighted by Crippen LogP contribution is 2.58. The highest BCUT2D eigenvalue weighted by Gasteiger charge is 2.58. The topological polar surface area (TPSA) is 46.3 Å². The lowest BCUT2D eigenvalue weighted by molar-refractivity contribution is -0.132. The van der Waals surface area contributed by atoms with Crippen molar-refractivity contribution in [2.24, 2.45) is 28.9 Å². The van der Waals surface area contributed by atoms with E-state index in [1.807, 2.05) is 0 Å². The molecule has 16 heavy (non-hydrogen) atoms. The van der Waals surface area contributed by atoms with Gasteiger partial charge in [-0.05, 0) is 43.1 Å². The predicted molar refractivity (Wildman–Crippen MR) is 62.7 cm³/mol. The van der Waals surface area contributed by atoms with Gasteiger partial charge in [0.2, 0.25) is 5.91 Å². The first-order chi connectivity index (χ1) is 7.64. The number of amides is 1. The summed E-state index contributed by atoms with van der Waals surface area (Å²) in [6.07, 6.45) is 5.02. The maximum atomic E-state index is 12.3. The van der Waals surface area contributed by atoms with Crippen molar-refractivity contribution in [3.63, 3.8) is 0 Å². The number of hydrogen-bond acceptors (Lipinski definition) is 2. The first-order valence-electron chi connectivity index (χ1n) is 6.63. The van der Waals surface area contributed by atoms with Crippen LogP contribution in [-0.2, 0) is 4.79 Å². The molecule has 2 saturated carbocycles. The molecule has 2 N–H and O–H groups in total. The van der Waals surface area contributed by atoms with Crippen LogP contribution in [0.3, 0.4) is 0 Å². The molecule has 0 aromatic heterocycles. The van der Waals surface area contributed by atoms with E-state index in [9.17, 15) is 4.79 Å². The SMILES string of the molecule is CC1(CN)CCN(C(=O)C2C3CCCC32)C1. The molecule has 3 atom stereocenters. The molecule has 0 spiro atoms. The van der Waals surface area contributed by atoms with Gasteiger partial charge >= 0.3 is 0 Å². The average molecular weight is 222 g/mol. The quantitative estimate of drug-likeness (QED) is 0.764. The van der Waals surface area contributed by atoms with Crippen LogP contribution in [0, 0.1) is 23.2 Å². The van der Waals surface area contributed by atoms with Gasteiger partial charge in [-0.25, -0.2) is 0 Å². The summed E-state index contributed by atoms with van der Waals surface area (Å²) >= 11 is 0. The van der Waals surface area contributed by atoms with Crippen LogP contribution in [-0.4, -0.2) is 30.4 Å². The smallest absolute Gasteiger partial charge is 0.226 e. The molecule has 0 aromatic rings. The first kappa shape index (κ1) is 10.6.